The van der Waals surface area contributed by atoms with Crippen LogP contribution in [0.15, 0.2) is 24.3 Å². The quantitative estimate of drug-likeness (QED) is 0.772. The molecule has 0 aromatic heterocycles. The van der Waals surface area contributed by atoms with Crippen molar-refractivity contribution in [1.82, 2.24) is 10.6 Å². The third-order valence-corrected chi connectivity index (χ3v) is 3.50. The lowest BCUT2D eigenvalue weighted by atomic mass is 10.0. The maximum atomic E-state index is 11.8. The highest BCUT2D eigenvalue weighted by Gasteiger charge is 2.21. The molecule has 1 fully saturated rings. The molecule has 1 saturated heterocycles. The summed E-state index contributed by atoms with van der Waals surface area (Å²) in [6.07, 6.45) is 3.91. The number of phenols is 1. The molecule has 0 bridgehead atoms. The first-order valence-corrected chi connectivity index (χ1v) is 6.97. The van der Waals surface area contributed by atoms with Gasteiger partial charge < -0.3 is 15.7 Å². The smallest absolute Gasteiger partial charge is 0.237 e. The molecule has 2 rings (SSSR count). The second-order valence-electron chi connectivity index (χ2n) is 5.28. The van der Waals surface area contributed by atoms with Gasteiger partial charge in [0.05, 0.1) is 6.04 Å². The van der Waals surface area contributed by atoms with Crippen LogP contribution in [0.4, 0.5) is 0 Å². The molecule has 2 unspecified atom stereocenters. The molecule has 0 radical (unpaired) electrons. The van der Waals surface area contributed by atoms with Gasteiger partial charge in [0.25, 0.3) is 0 Å². The van der Waals surface area contributed by atoms with Gasteiger partial charge in [0, 0.05) is 12.6 Å². The van der Waals surface area contributed by atoms with Crippen LogP contribution < -0.4 is 10.6 Å². The number of nitrogens with one attached hydrogen (secondary N) is 2. The summed E-state index contributed by atoms with van der Waals surface area (Å²) in [7, 11) is 0. The molecule has 1 aromatic carbocycles. The third-order valence-electron chi connectivity index (χ3n) is 3.50. The number of hydrogen-bond donors (Lipinski definition) is 3. The molecule has 1 aliphatic heterocycles. The van der Waals surface area contributed by atoms with Crippen LogP contribution in [0, 0.1) is 0 Å². The SMILES string of the molecule is CC(Cc1ccc(O)cc1)NC1CCCCNC1=O. The number of aromatic hydroxyl groups is 1. The van der Waals surface area contributed by atoms with Crippen LogP contribution in [0.25, 0.3) is 0 Å². The number of amides is 1. The van der Waals surface area contributed by atoms with E-state index in [-0.39, 0.29) is 23.7 Å². The Balaban J connectivity index is 1.87. The van der Waals surface area contributed by atoms with E-state index in [4.69, 9.17) is 0 Å². The predicted molar refractivity (Wildman–Crippen MR) is 75.1 cm³/mol. The molecule has 0 spiro atoms. The van der Waals surface area contributed by atoms with Gasteiger partial charge >= 0.3 is 0 Å². The number of carbonyl (C=O) groups excluding carboxylic acids is 1. The molecule has 4 nitrogen and oxygen atoms in total. The van der Waals surface area contributed by atoms with Crippen LogP contribution in [0.2, 0.25) is 0 Å². The zero-order chi connectivity index (χ0) is 13.7. The molecular weight excluding hydrogens is 240 g/mol. The van der Waals surface area contributed by atoms with Gasteiger partial charge in [-0.3, -0.25) is 4.79 Å². The van der Waals surface area contributed by atoms with Crippen molar-refractivity contribution < 1.29 is 9.90 Å². The summed E-state index contributed by atoms with van der Waals surface area (Å²) in [6.45, 7) is 2.88. The average molecular weight is 262 g/mol. The molecular formula is C15H22N2O2. The van der Waals surface area contributed by atoms with E-state index in [1.807, 2.05) is 12.1 Å². The van der Waals surface area contributed by atoms with Crippen molar-refractivity contribution >= 4 is 5.91 Å². The lowest BCUT2D eigenvalue weighted by molar-refractivity contribution is -0.123. The number of phenolic OH excluding ortho intramolecular Hbond substituents is 1. The maximum absolute atomic E-state index is 11.8. The Morgan fingerprint density at radius 3 is 2.84 bits per heavy atom. The maximum Gasteiger partial charge on any atom is 0.237 e. The van der Waals surface area contributed by atoms with Gasteiger partial charge in [-0.15, -0.1) is 0 Å². The summed E-state index contributed by atoms with van der Waals surface area (Å²) >= 11 is 0. The van der Waals surface area contributed by atoms with Crippen LogP contribution in [-0.4, -0.2) is 29.6 Å². The first-order chi connectivity index (χ1) is 9.15. The summed E-state index contributed by atoms with van der Waals surface area (Å²) in [5.74, 6) is 0.405. The van der Waals surface area contributed by atoms with E-state index in [2.05, 4.69) is 17.6 Å². The predicted octanol–water partition coefficient (Wildman–Crippen LogP) is 1.58. The second-order valence-corrected chi connectivity index (χ2v) is 5.28. The van der Waals surface area contributed by atoms with Gasteiger partial charge in [-0.1, -0.05) is 12.1 Å². The Kier molecular flexibility index (Phi) is 4.80. The van der Waals surface area contributed by atoms with Gasteiger partial charge in [0.2, 0.25) is 5.91 Å². The normalized spacial score (nSPS) is 21.5. The Bertz CT molecular complexity index is 417. The molecule has 1 heterocycles. The van der Waals surface area contributed by atoms with Crippen molar-refractivity contribution in [2.24, 2.45) is 0 Å². The molecule has 1 amide bonds. The topological polar surface area (TPSA) is 61.4 Å². The lowest BCUT2D eigenvalue weighted by Gasteiger charge is -2.21. The van der Waals surface area contributed by atoms with Crippen molar-refractivity contribution in [2.75, 3.05) is 6.54 Å². The van der Waals surface area contributed by atoms with E-state index in [1.165, 1.54) is 0 Å². The Morgan fingerprint density at radius 2 is 2.11 bits per heavy atom. The second kappa shape index (κ2) is 6.57. The Morgan fingerprint density at radius 1 is 1.37 bits per heavy atom. The van der Waals surface area contributed by atoms with Crippen LogP contribution in [-0.2, 0) is 11.2 Å². The van der Waals surface area contributed by atoms with Crippen LogP contribution in [0.1, 0.15) is 31.7 Å². The lowest BCUT2D eigenvalue weighted by Crippen LogP contribution is -2.47. The molecule has 2 atom stereocenters. The average Bonchev–Trinajstić information content (AvgIpc) is 2.58. The fraction of sp³-hybridized carbons (Fsp3) is 0.533. The molecule has 1 aliphatic rings. The first-order valence-electron chi connectivity index (χ1n) is 6.97. The minimum Gasteiger partial charge on any atom is -0.508 e. The molecule has 19 heavy (non-hydrogen) atoms. The van der Waals surface area contributed by atoms with Crippen molar-refractivity contribution in [1.29, 1.82) is 0 Å². The van der Waals surface area contributed by atoms with E-state index in [9.17, 15) is 9.90 Å². The summed E-state index contributed by atoms with van der Waals surface area (Å²) in [5, 5.41) is 15.6. The summed E-state index contributed by atoms with van der Waals surface area (Å²) in [5.41, 5.74) is 1.16. The first kappa shape index (κ1) is 13.9. The minimum absolute atomic E-state index is 0.0744. The largest absolute Gasteiger partial charge is 0.508 e. The summed E-state index contributed by atoms with van der Waals surface area (Å²) < 4.78 is 0. The minimum atomic E-state index is -0.0744. The van der Waals surface area contributed by atoms with Gasteiger partial charge in [-0.05, 0) is 50.3 Å². The van der Waals surface area contributed by atoms with Gasteiger partial charge in [-0.2, -0.15) is 0 Å². The Hall–Kier alpha value is -1.55. The van der Waals surface area contributed by atoms with Gasteiger partial charge in [0.15, 0.2) is 0 Å². The molecule has 0 saturated carbocycles. The number of benzene rings is 1. The number of carbonyl (C=O) groups is 1. The van der Waals surface area contributed by atoms with Gasteiger partial charge in [0.1, 0.15) is 5.75 Å². The number of rotatable bonds is 4. The zero-order valence-corrected chi connectivity index (χ0v) is 11.4. The van der Waals surface area contributed by atoms with Crippen molar-refractivity contribution in [3.8, 4) is 5.75 Å². The van der Waals surface area contributed by atoms with E-state index < -0.39 is 0 Å². The van der Waals surface area contributed by atoms with Crippen molar-refractivity contribution in [2.45, 2.75) is 44.7 Å². The molecule has 104 valence electrons. The zero-order valence-electron chi connectivity index (χ0n) is 11.4. The highest BCUT2D eigenvalue weighted by molar-refractivity contribution is 5.81. The fourth-order valence-electron chi connectivity index (χ4n) is 2.49. The standard InChI is InChI=1S/C15H22N2O2/c1-11(10-12-5-7-13(18)8-6-12)17-14-4-2-3-9-16-15(14)19/h5-8,11,14,17-18H,2-4,9-10H2,1H3,(H,16,19). The van der Waals surface area contributed by atoms with Crippen LogP contribution >= 0.6 is 0 Å². The fourth-order valence-corrected chi connectivity index (χ4v) is 2.49. The summed E-state index contributed by atoms with van der Waals surface area (Å²) in [4.78, 5) is 11.8. The molecule has 3 N–H and O–H groups in total. The molecule has 1 aromatic rings. The third kappa shape index (κ3) is 4.24. The van der Waals surface area contributed by atoms with Crippen LogP contribution in [0.5, 0.6) is 5.75 Å². The van der Waals surface area contributed by atoms with Crippen LogP contribution in [0.3, 0.4) is 0 Å². The van der Waals surface area contributed by atoms with Crippen molar-refractivity contribution in [3.63, 3.8) is 0 Å². The van der Waals surface area contributed by atoms with E-state index in [1.54, 1.807) is 12.1 Å². The molecule has 0 aliphatic carbocycles. The van der Waals surface area contributed by atoms with E-state index in [0.717, 1.165) is 37.8 Å². The molecule has 4 heteroatoms. The monoisotopic (exact) mass is 262 g/mol. The number of hydrogen-bond acceptors (Lipinski definition) is 3. The summed E-state index contributed by atoms with van der Waals surface area (Å²) in [6, 6.07) is 7.38. The van der Waals surface area contributed by atoms with Gasteiger partial charge in [-0.25, -0.2) is 0 Å². The van der Waals surface area contributed by atoms with Crippen molar-refractivity contribution in [3.05, 3.63) is 29.8 Å². The Labute approximate surface area is 114 Å². The van der Waals surface area contributed by atoms with E-state index in [0.29, 0.717) is 0 Å². The highest BCUT2D eigenvalue weighted by atomic mass is 16.3. The van der Waals surface area contributed by atoms with E-state index >= 15 is 0 Å². The highest BCUT2D eigenvalue weighted by Crippen LogP contribution is 2.12.